The molecule has 0 fully saturated rings. The molecule has 0 spiro atoms. The first-order chi connectivity index (χ1) is 16.2. The van der Waals surface area contributed by atoms with Crippen molar-refractivity contribution in [2.24, 2.45) is 0 Å². The van der Waals surface area contributed by atoms with Crippen LogP contribution < -0.4 is 9.47 Å². The number of halogens is 5. The Labute approximate surface area is 196 Å². The van der Waals surface area contributed by atoms with Crippen LogP contribution in [0.15, 0.2) is 66.0 Å². The van der Waals surface area contributed by atoms with E-state index in [-0.39, 0.29) is 17.4 Å². The van der Waals surface area contributed by atoms with Crippen LogP contribution in [0.1, 0.15) is 19.2 Å². The molecule has 0 saturated heterocycles. The Balaban J connectivity index is 1.59. The minimum atomic E-state index is -5.69. The van der Waals surface area contributed by atoms with E-state index in [1.807, 2.05) is 25.1 Å². The molecule has 0 amide bonds. The largest absolute Gasteiger partial charge is 0.485 e. The number of fused-ring (bicyclic) bond motifs is 1. The van der Waals surface area contributed by atoms with E-state index in [0.717, 1.165) is 16.2 Å². The van der Waals surface area contributed by atoms with Gasteiger partial charge in [-0.25, -0.2) is 9.97 Å². The van der Waals surface area contributed by atoms with Gasteiger partial charge in [-0.05, 0) is 30.0 Å². The van der Waals surface area contributed by atoms with Gasteiger partial charge < -0.3 is 9.47 Å². The molecule has 0 aliphatic heterocycles. The predicted molar refractivity (Wildman–Crippen MR) is 119 cm³/mol. The molecule has 5 nitrogen and oxygen atoms in total. The molecule has 0 radical (unpaired) electrons. The zero-order valence-electron chi connectivity index (χ0n) is 17.9. The number of pyridine rings is 2. The van der Waals surface area contributed by atoms with Gasteiger partial charge in [0.05, 0.1) is 6.20 Å². The second-order valence-electron chi connectivity index (χ2n) is 7.34. The molecular formula is C23H20F5N3O2S. The SMILES string of the molecule is CCSC1=CC(Oc2ccccn2)CC=C1c1ncc2c(OCC(F)(F)C(F)(F)F)cccn12. The number of alkyl halides is 5. The van der Waals surface area contributed by atoms with E-state index in [4.69, 9.17) is 9.47 Å². The van der Waals surface area contributed by atoms with Crippen molar-refractivity contribution >= 4 is 22.9 Å². The molecule has 1 aliphatic rings. The van der Waals surface area contributed by atoms with Gasteiger partial charge in [-0.15, -0.1) is 11.8 Å². The fourth-order valence-corrected chi connectivity index (χ4v) is 4.25. The summed E-state index contributed by atoms with van der Waals surface area (Å²) in [5, 5.41) is 0. The standard InChI is InChI=1S/C23H20F5N3O2S/c1-2-34-19-12-15(33-20-7-3-4-10-29-20)8-9-16(19)21-30-13-17-18(6-5-11-31(17)21)32-14-22(24,25)23(26,27)28/h3-7,9-13,15H,2,8,14H2,1H3. The maximum absolute atomic E-state index is 13.3. The number of imidazole rings is 1. The second kappa shape index (κ2) is 9.65. The summed E-state index contributed by atoms with van der Waals surface area (Å²) in [7, 11) is 0. The maximum atomic E-state index is 13.3. The normalized spacial score (nSPS) is 16.8. The van der Waals surface area contributed by atoms with E-state index in [2.05, 4.69) is 9.97 Å². The lowest BCUT2D eigenvalue weighted by Crippen LogP contribution is -2.41. The van der Waals surface area contributed by atoms with Crippen molar-refractivity contribution < 1.29 is 31.4 Å². The number of thioether (sulfide) groups is 1. The lowest BCUT2D eigenvalue weighted by molar-refractivity contribution is -0.289. The van der Waals surface area contributed by atoms with Crippen LogP contribution in [0.25, 0.3) is 11.1 Å². The first-order valence-corrected chi connectivity index (χ1v) is 11.3. The average molecular weight is 497 g/mol. The van der Waals surface area contributed by atoms with Crippen molar-refractivity contribution in [3.8, 4) is 11.6 Å². The van der Waals surface area contributed by atoms with E-state index in [1.54, 1.807) is 40.7 Å². The Hall–Kier alpha value is -3.08. The zero-order valence-corrected chi connectivity index (χ0v) is 18.7. The van der Waals surface area contributed by atoms with Crippen LogP contribution in [-0.2, 0) is 0 Å². The van der Waals surface area contributed by atoms with Crippen molar-refractivity contribution in [3.05, 3.63) is 71.8 Å². The summed E-state index contributed by atoms with van der Waals surface area (Å²) >= 11 is 1.59. The molecule has 34 heavy (non-hydrogen) atoms. The molecule has 3 heterocycles. The van der Waals surface area contributed by atoms with E-state index >= 15 is 0 Å². The van der Waals surface area contributed by atoms with Gasteiger partial charge in [0.25, 0.3) is 0 Å². The molecule has 0 bridgehead atoms. The van der Waals surface area contributed by atoms with Gasteiger partial charge in [-0.1, -0.05) is 19.1 Å². The van der Waals surface area contributed by atoms with E-state index in [1.165, 1.54) is 18.3 Å². The van der Waals surface area contributed by atoms with Gasteiger partial charge in [0.2, 0.25) is 5.88 Å². The Bertz CT molecular complexity index is 1210. The summed E-state index contributed by atoms with van der Waals surface area (Å²) in [6, 6.07) is 8.23. The maximum Gasteiger partial charge on any atom is 0.456 e. The third-order valence-corrected chi connectivity index (χ3v) is 5.92. The molecule has 1 unspecified atom stereocenters. The summed E-state index contributed by atoms with van der Waals surface area (Å²) in [6.07, 6.45) is 3.24. The van der Waals surface area contributed by atoms with Crippen LogP contribution in [0.4, 0.5) is 22.0 Å². The fourth-order valence-electron chi connectivity index (χ4n) is 3.37. The molecule has 3 aromatic heterocycles. The Morgan fingerprint density at radius 3 is 2.65 bits per heavy atom. The van der Waals surface area contributed by atoms with E-state index in [9.17, 15) is 22.0 Å². The summed E-state index contributed by atoms with van der Waals surface area (Å²) in [5.74, 6) is -3.28. The lowest BCUT2D eigenvalue weighted by Gasteiger charge is -2.22. The molecule has 180 valence electrons. The molecule has 0 aromatic carbocycles. The molecule has 3 aromatic rings. The highest BCUT2D eigenvalue weighted by Gasteiger charge is 2.58. The molecular weight excluding hydrogens is 477 g/mol. The highest BCUT2D eigenvalue weighted by Crippen LogP contribution is 2.38. The van der Waals surface area contributed by atoms with Crippen molar-refractivity contribution in [3.63, 3.8) is 0 Å². The number of ether oxygens (including phenoxy) is 2. The fraction of sp³-hybridized carbons (Fsp3) is 0.304. The van der Waals surface area contributed by atoms with Crippen molar-refractivity contribution in [1.82, 2.24) is 14.4 Å². The van der Waals surface area contributed by atoms with Crippen molar-refractivity contribution in [1.29, 1.82) is 0 Å². The van der Waals surface area contributed by atoms with Gasteiger partial charge in [0.1, 0.15) is 23.2 Å². The predicted octanol–water partition coefficient (Wildman–Crippen LogP) is 6.18. The molecule has 1 aliphatic carbocycles. The lowest BCUT2D eigenvalue weighted by atomic mass is 10.0. The molecule has 11 heteroatoms. The van der Waals surface area contributed by atoms with Gasteiger partial charge in [-0.3, -0.25) is 4.40 Å². The van der Waals surface area contributed by atoms with Gasteiger partial charge in [0.15, 0.2) is 6.61 Å². The number of hydrogen-bond acceptors (Lipinski definition) is 5. The van der Waals surface area contributed by atoms with Crippen LogP contribution in [0, 0.1) is 0 Å². The third kappa shape index (κ3) is 5.03. The number of allylic oxidation sites excluding steroid dienone is 1. The first kappa shape index (κ1) is 24.1. The topological polar surface area (TPSA) is 48.7 Å². The number of rotatable bonds is 8. The summed E-state index contributed by atoms with van der Waals surface area (Å²) < 4.78 is 76.6. The molecule has 0 saturated carbocycles. The number of hydrogen-bond donors (Lipinski definition) is 0. The smallest absolute Gasteiger partial charge is 0.456 e. The molecule has 1 atom stereocenters. The van der Waals surface area contributed by atoms with Crippen molar-refractivity contribution in [2.75, 3.05) is 12.4 Å². The summed E-state index contributed by atoms with van der Waals surface area (Å²) in [6.45, 7) is 0.186. The Morgan fingerprint density at radius 2 is 1.94 bits per heavy atom. The van der Waals surface area contributed by atoms with Crippen LogP contribution in [-0.4, -0.2) is 44.9 Å². The summed E-state index contributed by atoms with van der Waals surface area (Å²) in [4.78, 5) is 9.51. The second-order valence-corrected chi connectivity index (χ2v) is 8.65. The highest BCUT2D eigenvalue weighted by molar-refractivity contribution is 8.03. The van der Waals surface area contributed by atoms with Crippen LogP contribution in [0.3, 0.4) is 0 Å². The van der Waals surface area contributed by atoms with Gasteiger partial charge in [-0.2, -0.15) is 22.0 Å². The first-order valence-electron chi connectivity index (χ1n) is 10.4. The van der Waals surface area contributed by atoms with E-state index < -0.39 is 18.7 Å². The Kier molecular flexibility index (Phi) is 6.83. The Morgan fingerprint density at radius 1 is 1.12 bits per heavy atom. The van der Waals surface area contributed by atoms with Crippen LogP contribution in [0.2, 0.25) is 0 Å². The zero-order chi connectivity index (χ0) is 24.3. The number of nitrogens with zero attached hydrogens (tertiary/aromatic N) is 3. The van der Waals surface area contributed by atoms with E-state index in [0.29, 0.717) is 18.1 Å². The highest BCUT2D eigenvalue weighted by atomic mass is 32.2. The third-order valence-electron chi connectivity index (χ3n) is 4.96. The van der Waals surface area contributed by atoms with Crippen LogP contribution >= 0.6 is 11.8 Å². The monoisotopic (exact) mass is 497 g/mol. The minimum Gasteiger partial charge on any atom is -0.485 e. The number of aromatic nitrogens is 3. The van der Waals surface area contributed by atoms with Gasteiger partial charge >= 0.3 is 12.1 Å². The van der Waals surface area contributed by atoms with Gasteiger partial charge in [0, 0.05) is 35.4 Å². The molecule has 0 N–H and O–H groups in total. The quantitative estimate of drug-likeness (QED) is 0.348. The average Bonchev–Trinajstić information content (AvgIpc) is 3.23. The summed E-state index contributed by atoms with van der Waals surface area (Å²) in [5.41, 5.74) is 1.09. The molecule has 4 rings (SSSR count). The minimum absolute atomic E-state index is 0.119. The van der Waals surface area contributed by atoms with Crippen molar-refractivity contribution in [2.45, 2.75) is 31.5 Å². The van der Waals surface area contributed by atoms with Crippen LogP contribution in [0.5, 0.6) is 11.6 Å².